The molecule has 1 unspecified atom stereocenters. The van der Waals surface area contributed by atoms with Crippen LogP contribution in [0.1, 0.15) is 24.7 Å². The number of aromatic nitrogens is 2. The first kappa shape index (κ1) is 11.0. The Kier molecular flexibility index (Phi) is 3.15. The summed E-state index contributed by atoms with van der Waals surface area (Å²) >= 11 is 0. The normalized spacial score (nSPS) is 12.9. The van der Waals surface area contributed by atoms with Gasteiger partial charge in [0.05, 0.1) is 11.4 Å². The highest BCUT2D eigenvalue weighted by Crippen LogP contribution is 2.19. The molecule has 1 aromatic heterocycles. The number of benzene rings is 1. The molecule has 1 heterocycles. The number of nitrogens with zero attached hydrogens (tertiary/aromatic N) is 2. The minimum absolute atomic E-state index is 0.167. The van der Waals surface area contributed by atoms with Crippen LogP contribution in [0.2, 0.25) is 0 Å². The van der Waals surface area contributed by atoms with Gasteiger partial charge in [-0.1, -0.05) is 31.2 Å². The standard InChI is InChI=1S/C13H17N3/c1-3-10(14)8-13-12-7-5-4-6-11(12)9(2)15-16-13/h4-7,10H,3,8,14H2,1-2H3. The van der Waals surface area contributed by atoms with Crippen molar-refractivity contribution >= 4 is 10.8 Å². The number of rotatable bonds is 3. The Morgan fingerprint density at radius 1 is 1.19 bits per heavy atom. The molecule has 3 heteroatoms. The van der Waals surface area contributed by atoms with Crippen LogP contribution in [0.25, 0.3) is 10.8 Å². The molecule has 1 atom stereocenters. The third-order valence-electron chi connectivity index (χ3n) is 2.93. The summed E-state index contributed by atoms with van der Waals surface area (Å²) in [5, 5.41) is 10.8. The Morgan fingerprint density at radius 2 is 1.88 bits per heavy atom. The van der Waals surface area contributed by atoms with E-state index in [0.717, 1.165) is 24.2 Å². The third kappa shape index (κ3) is 2.04. The van der Waals surface area contributed by atoms with Crippen molar-refractivity contribution in [1.29, 1.82) is 0 Å². The van der Waals surface area contributed by atoms with Crippen LogP contribution >= 0.6 is 0 Å². The molecule has 0 spiro atoms. The van der Waals surface area contributed by atoms with Crippen LogP contribution in [0, 0.1) is 6.92 Å². The van der Waals surface area contributed by atoms with Crippen LogP contribution < -0.4 is 5.73 Å². The van der Waals surface area contributed by atoms with E-state index in [1.165, 1.54) is 10.8 Å². The number of hydrogen-bond acceptors (Lipinski definition) is 3. The maximum absolute atomic E-state index is 5.97. The molecule has 84 valence electrons. The summed E-state index contributed by atoms with van der Waals surface area (Å²) in [4.78, 5) is 0. The SMILES string of the molecule is CCC(N)Cc1nnc(C)c2ccccc12. The summed E-state index contributed by atoms with van der Waals surface area (Å²) in [5.41, 5.74) is 7.95. The highest BCUT2D eigenvalue weighted by atomic mass is 15.1. The Morgan fingerprint density at radius 3 is 2.56 bits per heavy atom. The van der Waals surface area contributed by atoms with Gasteiger partial charge in [-0.25, -0.2) is 0 Å². The molecule has 0 aliphatic carbocycles. The molecule has 2 N–H and O–H groups in total. The highest BCUT2D eigenvalue weighted by Gasteiger charge is 2.09. The van der Waals surface area contributed by atoms with Gasteiger partial charge < -0.3 is 5.73 Å². The summed E-state index contributed by atoms with van der Waals surface area (Å²) in [6, 6.07) is 8.40. The van der Waals surface area contributed by atoms with Crippen LogP contribution in [-0.4, -0.2) is 16.2 Å². The van der Waals surface area contributed by atoms with Crippen LogP contribution in [0.3, 0.4) is 0 Å². The van der Waals surface area contributed by atoms with Gasteiger partial charge in [-0.15, -0.1) is 0 Å². The maximum Gasteiger partial charge on any atom is 0.0724 e. The minimum Gasteiger partial charge on any atom is -0.327 e. The minimum atomic E-state index is 0.167. The van der Waals surface area contributed by atoms with E-state index in [1.807, 2.05) is 19.1 Å². The molecule has 0 fully saturated rings. The molecule has 0 radical (unpaired) electrons. The van der Waals surface area contributed by atoms with Crippen molar-refractivity contribution in [2.75, 3.05) is 0 Å². The van der Waals surface area contributed by atoms with E-state index in [4.69, 9.17) is 5.73 Å². The highest BCUT2D eigenvalue weighted by molar-refractivity contribution is 5.86. The number of hydrogen-bond donors (Lipinski definition) is 1. The van der Waals surface area contributed by atoms with Crippen molar-refractivity contribution in [3.05, 3.63) is 35.7 Å². The fourth-order valence-electron chi connectivity index (χ4n) is 1.84. The molecule has 0 bridgehead atoms. The first-order valence-electron chi connectivity index (χ1n) is 5.69. The van der Waals surface area contributed by atoms with Crippen LogP contribution in [0.15, 0.2) is 24.3 Å². The molecule has 0 amide bonds. The second-order valence-corrected chi connectivity index (χ2v) is 4.15. The Hall–Kier alpha value is -1.48. The first-order chi connectivity index (χ1) is 7.72. The zero-order valence-corrected chi connectivity index (χ0v) is 9.77. The predicted octanol–water partition coefficient (Wildman–Crippen LogP) is 2.22. The van der Waals surface area contributed by atoms with Gasteiger partial charge in [-0.05, 0) is 13.3 Å². The molecule has 0 aliphatic rings. The lowest BCUT2D eigenvalue weighted by molar-refractivity contribution is 0.633. The van der Waals surface area contributed by atoms with E-state index >= 15 is 0 Å². The van der Waals surface area contributed by atoms with Gasteiger partial charge in [-0.2, -0.15) is 10.2 Å². The van der Waals surface area contributed by atoms with E-state index in [1.54, 1.807) is 0 Å². The summed E-state index contributed by atoms with van der Waals surface area (Å²) in [6.07, 6.45) is 1.76. The molecule has 0 saturated carbocycles. The Bertz CT molecular complexity index is 494. The monoisotopic (exact) mass is 215 g/mol. The van der Waals surface area contributed by atoms with Crippen molar-refractivity contribution in [2.45, 2.75) is 32.7 Å². The second kappa shape index (κ2) is 4.58. The number of fused-ring (bicyclic) bond motifs is 1. The van der Waals surface area contributed by atoms with Gasteiger partial charge in [0.1, 0.15) is 0 Å². The zero-order chi connectivity index (χ0) is 11.5. The van der Waals surface area contributed by atoms with E-state index in [2.05, 4.69) is 29.3 Å². The summed E-state index contributed by atoms with van der Waals surface area (Å²) < 4.78 is 0. The van der Waals surface area contributed by atoms with E-state index in [0.29, 0.717) is 0 Å². The molecular formula is C13H17N3. The van der Waals surface area contributed by atoms with Crippen LogP contribution in [0.4, 0.5) is 0 Å². The summed E-state index contributed by atoms with van der Waals surface area (Å²) in [6.45, 7) is 4.08. The smallest absolute Gasteiger partial charge is 0.0724 e. The number of nitrogens with two attached hydrogens (primary N) is 1. The van der Waals surface area contributed by atoms with Gasteiger partial charge in [0.15, 0.2) is 0 Å². The molecule has 2 aromatic rings. The average molecular weight is 215 g/mol. The number of aryl methyl sites for hydroxylation is 1. The van der Waals surface area contributed by atoms with Crippen molar-refractivity contribution in [2.24, 2.45) is 5.73 Å². The van der Waals surface area contributed by atoms with Crippen molar-refractivity contribution in [1.82, 2.24) is 10.2 Å². The lowest BCUT2D eigenvalue weighted by Crippen LogP contribution is -2.22. The fraction of sp³-hybridized carbons (Fsp3) is 0.385. The zero-order valence-electron chi connectivity index (χ0n) is 9.77. The van der Waals surface area contributed by atoms with Gasteiger partial charge in [0.2, 0.25) is 0 Å². The van der Waals surface area contributed by atoms with Crippen molar-refractivity contribution in [3.8, 4) is 0 Å². The second-order valence-electron chi connectivity index (χ2n) is 4.15. The summed E-state index contributed by atoms with van der Waals surface area (Å²) in [5.74, 6) is 0. The molecule has 16 heavy (non-hydrogen) atoms. The molecule has 0 saturated heterocycles. The average Bonchev–Trinajstić information content (AvgIpc) is 2.33. The van der Waals surface area contributed by atoms with Gasteiger partial charge in [-0.3, -0.25) is 0 Å². The van der Waals surface area contributed by atoms with Crippen LogP contribution in [-0.2, 0) is 6.42 Å². The predicted molar refractivity (Wildman–Crippen MR) is 66.2 cm³/mol. The van der Waals surface area contributed by atoms with Gasteiger partial charge in [0, 0.05) is 23.2 Å². The quantitative estimate of drug-likeness (QED) is 0.854. The van der Waals surface area contributed by atoms with Crippen molar-refractivity contribution < 1.29 is 0 Å². The third-order valence-corrected chi connectivity index (χ3v) is 2.93. The Labute approximate surface area is 95.7 Å². The topological polar surface area (TPSA) is 51.8 Å². The molecule has 0 aliphatic heterocycles. The Balaban J connectivity index is 2.50. The lowest BCUT2D eigenvalue weighted by Gasteiger charge is -2.10. The molecular weight excluding hydrogens is 198 g/mol. The van der Waals surface area contributed by atoms with Gasteiger partial charge >= 0.3 is 0 Å². The first-order valence-corrected chi connectivity index (χ1v) is 5.69. The van der Waals surface area contributed by atoms with Crippen LogP contribution in [0.5, 0.6) is 0 Å². The maximum atomic E-state index is 5.97. The largest absolute Gasteiger partial charge is 0.327 e. The molecule has 1 aromatic carbocycles. The van der Waals surface area contributed by atoms with E-state index < -0.39 is 0 Å². The molecule has 2 rings (SSSR count). The lowest BCUT2D eigenvalue weighted by atomic mass is 10.0. The summed E-state index contributed by atoms with van der Waals surface area (Å²) in [7, 11) is 0. The van der Waals surface area contributed by atoms with E-state index in [-0.39, 0.29) is 6.04 Å². The van der Waals surface area contributed by atoms with Crippen molar-refractivity contribution in [3.63, 3.8) is 0 Å². The fourth-order valence-corrected chi connectivity index (χ4v) is 1.84. The molecule has 3 nitrogen and oxygen atoms in total. The van der Waals surface area contributed by atoms with E-state index in [9.17, 15) is 0 Å². The van der Waals surface area contributed by atoms with Gasteiger partial charge in [0.25, 0.3) is 0 Å².